The SMILES string of the molecule is OC(Cc1cccc(C(F)(F)F)c1)C1CC2CCC1C2. The summed E-state index contributed by atoms with van der Waals surface area (Å²) in [6.45, 7) is 0. The topological polar surface area (TPSA) is 20.2 Å². The number of benzene rings is 1. The summed E-state index contributed by atoms with van der Waals surface area (Å²) < 4.78 is 38.0. The molecule has 2 fully saturated rings. The predicted octanol–water partition coefficient (Wildman–Crippen LogP) is 4.05. The molecule has 0 aromatic heterocycles. The molecule has 0 heterocycles. The van der Waals surface area contributed by atoms with E-state index in [1.54, 1.807) is 6.07 Å². The number of fused-ring (bicyclic) bond motifs is 2. The van der Waals surface area contributed by atoms with E-state index < -0.39 is 17.8 Å². The van der Waals surface area contributed by atoms with E-state index in [1.165, 1.54) is 25.3 Å². The third kappa shape index (κ3) is 2.71. The van der Waals surface area contributed by atoms with Gasteiger partial charge in [-0.05, 0) is 55.1 Å². The Kier molecular flexibility index (Phi) is 3.53. The lowest BCUT2D eigenvalue weighted by Crippen LogP contribution is -2.27. The second-order valence-electron chi connectivity index (χ2n) is 6.31. The monoisotopic (exact) mass is 284 g/mol. The van der Waals surface area contributed by atoms with Crippen LogP contribution in [0.3, 0.4) is 0 Å². The van der Waals surface area contributed by atoms with Gasteiger partial charge in [-0.2, -0.15) is 13.2 Å². The minimum absolute atomic E-state index is 0.281. The fraction of sp³-hybridized carbons (Fsp3) is 0.625. The molecule has 2 aliphatic carbocycles. The minimum atomic E-state index is -4.31. The summed E-state index contributed by atoms with van der Waals surface area (Å²) in [6.07, 6.45) is 0.195. The van der Waals surface area contributed by atoms with Crippen molar-refractivity contribution in [2.75, 3.05) is 0 Å². The van der Waals surface area contributed by atoms with Crippen LogP contribution in [0.4, 0.5) is 13.2 Å². The van der Waals surface area contributed by atoms with Crippen molar-refractivity contribution >= 4 is 0 Å². The van der Waals surface area contributed by atoms with Gasteiger partial charge in [0.15, 0.2) is 0 Å². The van der Waals surface area contributed by atoms with Gasteiger partial charge in [0.2, 0.25) is 0 Å². The van der Waals surface area contributed by atoms with Gasteiger partial charge in [0, 0.05) is 0 Å². The van der Waals surface area contributed by atoms with Gasteiger partial charge >= 0.3 is 6.18 Å². The van der Waals surface area contributed by atoms with Crippen molar-refractivity contribution in [3.05, 3.63) is 35.4 Å². The molecule has 0 aliphatic heterocycles. The highest BCUT2D eigenvalue weighted by molar-refractivity contribution is 5.26. The number of rotatable bonds is 3. The third-order valence-corrected chi connectivity index (χ3v) is 4.99. The van der Waals surface area contributed by atoms with Crippen LogP contribution in [0.25, 0.3) is 0 Å². The Hall–Kier alpha value is -1.03. The van der Waals surface area contributed by atoms with Gasteiger partial charge in [-0.3, -0.25) is 0 Å². The van der Waals surface area contributed by atoms with Gasteiger partial charge in [-0.15, -0.1) is 0 Å². The molecule has 0 saturated heterocycles. The van der Waals surface area contributed by atoms with Crippen LogP contribution < -0.4 is 0 Å². The van der Waals surface area contributed by atoms with Crippen LogP contribution in [0, 0.1) is 17.8 Å². The number of aliphatic hydroxyl groups is 1. The van der Waals surface area contributed by atoms with Crippen molar-refractivity contribution < 1.29 is 18.3 Å². The van der Waals surface area contributed by atoms with Crippen molar-refractivity contribution in [2.24, 2.45) is 17.8 Å². The molecular formula is C16H19F3O. The quantitative estimate of drug-likeness (QED) is 0.888. The average molecular weight is 284 g/mol. The normalized spacial score (nSPS) is 30.7. The lowest BCUT2D eigenvalue weighted by atomic mass is 9.82. The first-order chi connectivity index (χ1) is 9.43. The Morgan fingerprint density at radius 1 is 1.20 bits per heavy atom. The van der Waals surface area contributed by atoms with E-state index in [1.807, 2.05) is 0 Å². The zero-order chi connectivity index (χ0) is 14.3. The molecule has 1 nitrogen and oxygen atoms in total. The third-order valence-electron chi connectivity index (χ3n) is 4.99. The molecule has 4 heteroatoms. The van der Waals surface area contributed by atoms with E-state index in [-0.39, 0.29) is 5.92 Å². The summed E-state index contributed by atoms with van der Waals surface area (Å²) in [5.41, 5.74) is -0.0507. The number of alkyl halides is 3. The van der Waals surface area contributed by atoms with Crippen LogP contribution in [-0.4, -0.2) is 11.2 Å². The first-order valence-corrected chi connectivity index (χ1v) is 7.27. The Morgan fingerprint density at radius 3 is 2.60 bits per heavy atom. The number of hydrogen-bond donors (Lipinski definition) is 1. The minimum Gasteiger partial charge on any atom is -0.392 e. The van der Waals surface area contributed by atoms with E-state index in [0.717, 1.165) is 24.5 Å². The second kappa shape index (κ2) is 5.06. The van der Waals surface area contributed by atoms with Crippen LogP contribution in [-0.2, 0) is 12.6 Å². The fourth-order valence-corrected chi connectivity index (χ4v) is 4.03. The standard InChI is InChI=1S/C16H19F3O/c17-16(18,19)13-3-1-2-10(7-13)9-15(20)14-8-11-4-5-12(14)6-11/h1-3,7,11-12,14-15,20H,4-6,8-9H2. The maximum Gasteiger partial charge on any atom is 0.416 e. The molecule has 4 atom stereocenters. The summed E-state index contributed by atoms with van der Waals surface area (Å²) in [7, 11) is 0. The summed E-state index contributed by atoms with van der Waals surface area (Å²) in [6, 6.07) is 5.33. The van der Waals surface area contributed by atoms with Crippen molar-refractivity contribution in [3.8, 4) is 0 Å². The van der Waals surface area contributed by atoms with Crippen molar-refractivity contribution in [1.82, 2.24) is 0 Å². The fourth-order valence-electron chi connectivity index (χ4n) is 4.03. The van der Waals surface area contributed by atoms with Gasteiger partial charge in [0.1, 0.15) is 0 Å². The Labute approximate surface area is 116 Å². The van der Waals surface area contributed by atoms with E-state index >= 15 is 0 Å². The van der Waals surface area contributed by atoms with Gasteiger partial charge in [-0.1, -0.05) is 24.6 Å². The van der Waals surface area contributed by atoms with Crippen molar-refractivity contribution in [1.29, 1.82) is 0 Å². The van der Waals surface area contributed by atoms with E-state index in [9.17, 15) is 18.3 Å². The molecule has 0 spiro atoms. The molecule has 0 radical (unpaired) electrons. The predicted molar refractivity (Wildman–Crippen MR) is 70.1 cm³/mol. The highest BCUT2D eigenvalue weighted by Gasteiger charge is 2.42. The second-order valence-corrected chi connectivity index (χ2v) is 6.31. The molecule has 0 amide bonds. The van der Waals surface area contributed by atoms with E-state index in [0.29, 0.717) is 17.9 Å². The maximum absolute atomic E-state index is 12.7. The van der Waals surface area contributed by atoms with E-state index in [2.05, 4.69) is 0 Å². The molecule has 3 rings (SSSR count). The van der Waals surface area contributed by atoms with Crippen LogP contribution in [0.2, 0.25) is 0 Å². The molecule has 1 aromatic carbocycles. The molecule has 1 N–H and O–H groups in total. The highest BCUT2D eigenvalue weighted by atomic mass is 19.4. The summed E-state index contributed by atoms with van der Waals surface area (Å²) in [5, 5.41) is 10.3. The first kappa shape index (κ1) is 13.9. The Balaban J connectivity index is 1.68. The largest absolute Gasteiger partial charge is 0.416 e. The van der Waals surface area contributed by atoms with Gasteiger partial charge in [-0.25, -0.2) is 0 Å². The van der Waals surface area contributed by atoms with Gasteiger partial charge in [0.25, 0.3) is 0 Å². The highest BCUT2D eigenvalue weighted by Crippen LogP contribution is 2.49. The molecule has 2 saturated carbocycles. The average Bonchev–Trinajstić information content (AvgIpc) is 3.00. The van der Waals surface area contributed by atoms with Gasteiger partial charge < -0.3 is 5.11 Å². The van der Waals surface area contributed by atoms with Crippen LogP contribution in [0.5, 0.6) is 0 Å². The molecule has 1 aromatic rings. The summed E-state index contributed by atoms with van der Waals surface area (Å²) >= 11 is 0. The first-order valence-electron chi connectivity index (χ1n) is 7.27. The smallest absolute Gasteiger partial charge is 0.392 e. The number of aliphatic hydroxyl groups excluding tert-OH is 1. The molecule has 20 heavy (non-hydrogen) atoms. The molecule has 2 bridgehead atoms. The zero-order valence-corrected chi connectivity index (χ0v) is 11.2. The van der Waals surface area contributed by atoms with Crippen molar-refractivity contribution in [3.63, 3.8) is 0 Å². The molecule has 110 valence electrons. The maximum atomic E-state index is 12.7. The van der Waals surface area contributed by atoms with Crippen LogP contribution >= 0.6 is 0 Å². The number of halogens is 3. The molecular weight excluding hydrogens is 265 g/mol. The van der Waals surface area contributed by atoms with E-state index in [4.69, 9.17) is 0 Å². The lowest BCUT2D eigenvalue weighted by molar-refractivity contribution is -0.137. The van der Waals surface area contributed by atoms with Crippen LogP contribution in [0.15, 0.2) is 24.3 Å². The summed E-state index contributed by atoms with van der Waals surface area (Å²) in [5.74, 6) is 1.60. The van der Waals surface area contributed by atoms with Gasteiger partial charge in [0.05, 0.1) is 11.7 Å². The van der Waals surface area contributed by atoms with Crippen LogP contribution in [0.1, 0.15) is 36.8 Å². The zero-order valence-electron chi connectivity index (χ0n) is 11.2. The van der Waals surface area contributed by atoms with Crippen molar-refractivity contribution in [2.45, 2.75) is 44.4 Å². The molecule has 4 unspecified atom stereocenters. The lowest BCUT2D eigenvalue weighted by Gasteiger charge is -2.27. The number of hydrogen-bond acceptors (Lipinski definition) is 1. The molecule has 2 aliphatic rings. The Bertz CT molecular complexity index is 483. The summed E-state index contributed by atoms with van der Waals surface area (Å²) in [4.78, 5) is 0. The Morgan fingerprint density at radius 2 is 2.00 bits per heavy atom.